The molecule has 1 aromatic rings. The van der Waals surface area contributed by atoms with E-state index in [-0.39, 0.29) is 28.8 Å². The van der Waals surface area contributed by atoms with Crippen molar-refractivity contribution in [2.75, 3.05) is 6.61 Å². The number of allylic oxidation sites excluding steroid dienone is 1. The molecule has 0 N–H and O–H groups in total. The van der Waals surface area contributed by atoms with Crippen LogP contribution in [0.2, 0.25) is 0 Å². The minimum Gasteiger partial charge on any atom is -0.427 e. The molecule has 4 aliphatic rings. The van der Waals surface area contributed by atoms with Gasteiger partial charge < -0.3 is 18.8 Å². The van der Waals surface area contributed by atoms with Gasteiger partial charge in [-0.1, -0.05) is 38.8 Å². The molecule has 186 valence electrons. The molecular formula is C28H39NO5. The van der Waals surface area contributed by atoms with Crippen molar-refractivity contribution >= 4 is 6.47 Å². The maximum Gasteiger partial charge on any atom is 0.298 e. The van der Waals surface area contributed by atoms with Gasteiger partial charge >= 0.3 is 0 Å². The highest BCUT2D eigenvalue weighted by Gasteiger charge is 2.60. The molecular weight excluding hydrogens is 430 g/mol. The Labute approximate surface area is 202 Å². The van der Waals surface area contributed by atoms with E-state index in [0.29, 0.717) is 36.5 Å². The van der Waals surface area contributed by atoms with E-state index in [1.165, 1.54) is 43.4 Å². The number of hydrogen-bond donors (Lipinski definition) is 0. The smallest absolute Gasteiger partial charge is 0.298 e. The Hall–Kier alpha value is -1.92. The summed E-state index contributed by atoms with van der Waals surface area (Å²) in [6, 6.07) is 3.00. The molecule has 1 unspecified atom stereocenters. The van der Waals surface area contributed by atoms with Gasteiger partial charge in [-0.2, -0.15) is 0 Å². The monoisotopic (exact) mass is 469 g/mol. The molecule has 0 amide bonds. The molecule has 0 bridgehead atoms. The van der Waals surface area contributed by atoms with Crippen molar-refractivity contribution in [3.8, 4) is 5.75 Å². The maximum absolute atomic E-state index is 12.4. The average molecular weight is 470 g/mol. The van der Waals surface area contributed by atoms with Gasteiger partial charge in [-0.25, -0.2) is 0 Å². The van der Waals surface area contributed by atoms with E-state index in [4.69, 9.17) is 14.2 Å². The summed E-state index contributed by atoms with van der Waals surface area (Å²) in [6.45, 7) is 11.1. The lowest BCUT2D eigenvalue weighted by molar-refractivity contribution is -0.316. The summed E-state index contributed by atoms with van der Waals surface area (Å²) in [5.41, 5.74) is 1.34. The second-order valence-electron chi connectivity index (χ2n) is 11.6. The van der Waals surface area contributed by atoms with Crippen molar-refractivity contribution in [1.82, 2.24) is 4.57 Å². The molecule has 3 saturated carbocycles. The zero-order chi connectivity index (χ0) is 23.9. The van der Waals surface area contributed by atoms with E-state index in [2.05, 4.69) is 20.4 Å². The Bertz CT molecular complexity index is 981. The Kier molecular flexibility index (Phi) is 6.49. The van der Waals surface area contributed by atoms with Crippen LogP contribution in [0.15, 0.2) is 35.3 Å². The van der Waals surface area contributed by atoms with Crippen molar-refractivity contribution < 1.29 is 19.0 Å². The molecule has 0 radical (unpaired) electrons. The molecule has 0 spiro atoms. The van der Waals surface area contributed by atoms with E-state index in [1.54, 1.807) is 10.8 Å². The Morgan fingerprint density at radius 2 is 1.97 bits per heavy atom. The second-order valence-corrected chi connectivity index (χ2v) is 11.6. The first kappa shape index (κ1) is 23.8. The topological polar surface area (TPSA) is 66.8 Å². The fraction of sp³-hybridized carbons (Fsp3) is 0.714. The lowest BCUT2D eigenvalue weighted by atomic mass is 9.46. The van der Waals surface area contributed by atoms with Crippen molar-refractivity contribution in [2.45, 2.75) is 90.6 Å². The molecule has 34 heavy (non-hydrogen) atoms. The van der Waals surface area contributed by atoms with Crippen LogP contribution in [-0.2, 0) is 20.8 Å². The number of fused-ring (bicyclic) bond motifs is 3. The molecule has 3 aliphatic carbocycles. The predicted octanol–water partition coefficient (Wildman–Crippen LogP) is 5.09. The summed E-state index contributed by atoms with van der Waals surface area (Å²) >= 11 is 0. The molecule has 0 aromatic carbocycles. The van der Waals surface area contributed by atoms with Crippen LogP contribution < -0.4 is 10.3 Å². The standard InChI is InChI=1S/C28H39NO5/c1-19-8-10-23-27(2,22(19)13-15-29-16-21(33-18-30)9-11-25(29)31)14-12-24-28(23,3)17-32-26(34-24)20-6-4-5-7-20/h9,11,16,18,20,22-24,26H,1,4-8,10,12-15,17H2,2-3H3/t22-,23?,24-,26-,27+,28+/m1/s1. The Morgan fingerprint density at radius 3 is 2.74 bits per heavy atom. The molecule has 6 atom stereocenters. The van der Waals surface area contributed by atoms with Gasteiger partial charge in [0.15, 0.2) is 6.29 Å². The number of pyridine rings is 1. The molecule has 1 saturated heterocycles. The minimum absolute atomic E-state index is 0.00953. The highest BCUT2D eigenvalue weighted by atomic mass is 16.7. The van der Waals surface area contributed by atoms with E-state index in [1.807, 2.05) is 0 Å². The maximum atomic E-state index is 12.4. The summed E-state index contributed by atoms with van der Waals surface area (Å²) in [6.07, 6.45) is 12.1. The van der Waals surface area contributed by atoms with E-state index < -0.39 is 0 Å². The van der Waals surface area contributed by atoms with Gasteiger partial charge in [0, 0.05) is 30.1 Å². The normalized spacial score (nSPS) is 38.2. The number of aromatic nitrogens is 1. The average Bonchev–Trinajstić information content (AvgIpc) is 3.35. The number of carbonyl (C=O) groups excluding carboxylic acids is 1. The van der Waals surface area contributed by atoms with Crippen LogP contribution in [0.3, 0.4) is 0 Å². The van der Waals surface area contributed by atoms with Gasteiger partial charge in [-0.05, 0) is 68.3 Å². The van der Waals surface area contributed by atoms with Gasteiger partial charge in [-0.3, -0.25) is 9.59 Å². The first-order valence-corrected chi connectivity index (χ1v) is 13.1. The number of ether oxygens (including phenoxy) is 3. The van der Waals surface area contributed by atoms with E-state index >= 15 is 0 Å². The predicted molar refractivity (Wildman–Crippen MR) is 129 cm³/mol. The van der Waals surface area contributed by atoms with Crippen LogP contribution in [0.1, 0.15) is 71.6 Å². The number of nitrogens with zero attached hydrogens (tertiary/aromatic N) is 1. The van der Waals surface area contributed by atoms with E-state index in [0.717, 1.165) is 38.7 Å². The first-order chi connectivity index (χ1) is 16.3. The molecule has 6 nitrogen and oxygen atoms in total. The number of aryl methyl sites for hydroxylation is 1. The first-order valence-electron chi connectivity index (χ1n) is 13.1. The van der Waals surface area contributed by atoms with Crippen LogP contribution >= 0.6 is 0 Å². The lowest BCUT2D eigenvalue weighted by Crippen LogP contribution is -2.62. The molecule has 2 heterocycles. The third kappa shape index (κ3) is 4.07. The van der Waals surface area contributed by atoms with Crippen molar-refractivity contribution in [3.63, 3.8) is 0 Å². The summed E-state index contributed by atoms with van der Waals surface area (Å²) in [7, 11) is 0. The van der Waals surface area contributed by atoms with Crippen LogP contribution in [0.25, 0.3) is 0 Å². The van der Waals surface area contributed by atoms with Crippen LogP contribution in [0.5, 0.6) is 5.75 Å². The largest absolute Gasteiger partial charge is 0.427 e. The molecule has 5 rings (SSSR count). The second kappa shape index (κ2) is 9.27. The molecule has 4 fully saturated rings. The molecule has 1 aromatic heterocycles. The number of carbonyl (C=O) groups is 1. The summed E-state index contributed by atoms with van der Waals surface area (Å²) in [5.74, 6) is 1.79. The number of rotatable bonds is 6. The molecule has 1 aliphatic heterocycles. The Balaban J connectivity index is 1.33. The van der Waals surface area contributed by atoms with Crippen molar-refractivity contribution in [2.24, 2.45) is 28.6 Å². The highest BCUT2D eigenvalue weighted by molar-refractivity contribution is 5.44. The summed E-state index contributed by atoms with van der Waals surface area (Å²) < 4.78 is 19.7. The van der Waals surface area contributed by atoms with Gasteiger partial charge in [0.1, 0.15) is 5.75 Å². The van der Waals surface area contributed by atoms with Crippen LogP contribution in [0, 0.1) is 28.6 Å². The zero-order valence-corrected chi connectivity index (χ0v) is 20.7. The summed E-state index contributed by atoms with van der Waals surface area (Å²) in [5, 5.41) is 0. The van der Waals surface area contributed by atoms with E-state index in [9.17, 15) is 9.59 Å². The van der Waals surface area contributed by atoms with Crippen LogP contribution in [0.4, 0.5) is 0 Å². The van der Waals surface area contributed by atoms with Gasteiger partial charge in [-0.15, -0.1) is 0 Å². The van der Waals surface area contributed by atoms with Gasteiger partial charge in [0.25, 0.3) is 12.0 Å². The third-order valence-corrected chi connectivity index (χ3v) is 9.76. The lowest BCUT2D eigenvalue weighted by Gasteiger charge is -2.63. The zero-order valence-electron chi connectivity index (χ0n) is 20.7. The fourth-order valence-electron chi connectivity index (χ4n) is 7.94. The minimum atomic E-state index is -0.0796. The summed E-state index contributed by atoms with van der Waals surface area (Å²) in [4.78, 5) is 23.2. The molecule has 6 heteroatoms. The van der Waals surface area contributed by atoms with Gasteiger partial charge in [0.05, 0.1) is 12.7 Å². The van der Waals surface area contributed by atoms with Crippen LogP contribution in [-0.4, -0.2) is 30.0 Å². The van der Waals surface area contributed by atoms with Gasteiger partial charge in [0.2, 0.25) is 0 Å². The SMILES string of the molecule is C=C1CCC2[C@]3(C)CO[C@@H](C4CCCC4)O[C@@H]3CC[C@@]2(C)[C@@H]1CCn1cc(OC=O)ccc1=O. The Morgan fingerprint density at radius 1 is 1.18 bits per heavy atom. The van der Waals surface area contributed by atoms with Crippen molar-refractivity contribution in [1.29, 1.82) is 0 Å². The highest BCUT2D eigenvalue weighted by Crippen LogP contribution is 2.63. The van der Waals surface area contributed by atoms with Crippen molar-refractivity contribution in [3.05, 3.63) is 40.8 Å². The quantitative estimate of drug-likeness (QED) is 0.429. The fourth-order valence-corrected chi connectivity index (χ4v) is 7.94. The number of hydrogen-bond acceptors (Lipinski definition) is 5. The third-order valence-electron chi connectivity index (χ3n) is 9.76.